The summed E-state index contributed by atoms with van der Waals surface area (Å²) in [5.41, 5.74) is 0.852. The maximum atomic E-state index is 11.9. The molecule has 1 aromatic rings. The second kappa shape index (κ2) is 5.31. The standard InChI is InChI=1S/C14H18BrNO2/c1-2-5-14(6-7-14)9-16-13(18)10-3-4-11(15)12(17)8-10/h3-4,8,17H,2,5-7,9H2,1H3,(H,16,18). The van der Waals surface area contributed by atoms with Crippen LogP contribution in [0, 0.1) is 5.41 Å². The molecule has 0 heterocycles. The SMILES string of the molecule is CCCC1(CNC(=O)c2ccc(Br)c(O)c2)CC1. The third-order valence-corrected chi connectivity index (χ3v) is 4.24. The van der Waals surface area contributed by atoms with Crippen molar-refractivity contribution in [2.75, 3.05) is 6.54 Å². The van der Waals surface area contributed by atoms with E-state index in [0.29, 0.717) is 15.5 Å². The molecule has 3 nitrogen and oxygen atoms in total. The Labute approximate surface area is 116 Å². The zero-order valence-corrected chi connectivity index (χ0v) is 12.1. The molecule has 0 atom stereocenters. The number of benzene rings is 1. The Bertz CT molecular complexity index is 455. The maximum Gasteiger partial charge on any atom is 0.251 e. The van der Waals surface area contributed by atoms with Gasteiger partial charge in [0.25, 0.3) is 5.91 Å². The molecule has 1 aliphatic rings. The van der Waals surface area contributed by atoms with Gasteiger partial charge >= 0.3 is 0 Å². The first kappa shape index (κ1) is 13.4. The number of amides is 1. The number of rotatable bonds is 5. The van der Waals surface area contributed by atoms with Crippen LogP contribution in [0.1, 0.15) is 43.0 Å². The molecule has 1 aliphatic carbocycles. The Hall–Kier alpha value is -1.03. The highest BCUT2D eigenvalue weighted by molar-refractivity contribution is 9.10. The predicted molar refractivity (Wildman–Crippen MR) is 74.7 cm³/mol. The second-order valence-corrected chi connectivity index (χ2v) is 5.95. The van der Waals surface area contributed by atoms with Crippen LogP contribution in [0.4, 0.5) is 0 Å². The first-order chi connectivity index (χ1) is 8.56. The first-order valence-corrected chi connectivity index (χ1v) is 7.12. The van der Waals surface area contributed by atoms with Crippen LogP contribution in [0.2, 0.25) is 0 Å². The van der Waals surface area contributed by atoms with E-state index in [1.54, 1.807) is 12.1 Å². The minimum atomic E-state index is -0.111. The number of phenolic OH excluding ortho intramolecular Hbond substituents is 1. The van der Waals surface area contributed by atoms with Crippen molar-refractivity contribution in [1.29, 1.82) is 0 Å². The molecule has 1 aromatic carbocycles. The van der Waals surface area contributed by atoms with E-state index in [1.165, 1.54) is 25.3 Å². The third kappa shape index (κ3) is 3.05. The molecule has 4 heteroatoms. The summed E-state index contributed by atoms with van der Waals surface area (Å²) in [6, 6.07) is 4.88. The molecule has 1 saturated carbocycles. The van der Waals surface area contributed by atoms with Gasteiger partial charge in [-0.3, -0.25) is 4.79 Å². The zero-order valence-electron chi connectivity index (χ0n) is 10.5. The molecular weight excluding hydrogens is 294 g/mol. The summed E-state index contributed by atoms with van der Waals surface area (Å²) in [6.07, 6.45) is 4.77. The molecule has 0 unspecified atom stereocenters. The normalized spacial score (nSPS) is 16.3. The highest BCUT2D eigenvalue weighted by atomic mass is 79.9. The van der Waals surface area contributed by atoms with E-state index in [2.05, 4.69) is 28.2 Å². The van der Waals surface area contributed by atoms with Crippen molar-refractivity contribution in [2.24, 2.45) is 5.41 Å². The molecule has 0 bridgehead atoms. The van der Waals surface area contributed by atoms with Crippen molar-refractivity contribution in [1.82, 2.24) is 5.32 Å². The van der Waals surface area contributed by atoms with Gasteiger partial charge in [-0.05, 0) is 58.8 Å². The minimum Gasteiger partial charge on any atom is -0.507 e. The Morgan fingerprint density at radius 2 is 2.22 bits per heavy atom. The van der Waals surface area contributed by atoms with E-state index >= 15 is 0 Å². The van der Waals surface area contributed by atoms with Gasteiger partial charge in [-0.1, -0.05) is 13.3 Å². The van der Waals surface area contributed by atoms with Crippen molar-refractivity contribution in [3.8, 4) is 5.75 Å². The van der Waals surface area contributed by atoms with Crippen molar-refractivity contribution in [3.63, 3.8) is 0 Å². The van der Waals surface area contributed by atoms with Crippen molar-refractivity contribution in [3.05, 3.63) is 28.2 Å². The molecule has 1 amide bonds. The van der Waals surface area contributed by atoms with Crippen LogP contribution in [0.5, 0.6) is 5.75 Å². The Kier molecular flexibility index (Phi) is 3.95. The van der Waals surface area contributed by atoms with Crippen LogP contribution < -0.4 is 5.32 Å². The van der Waals surface area contributed by atoms with E-state index in [1.807, 2.05) is 0 Å². The van der Waals surface area contributed by atoms with Crippen LogP contribution in [0.3, 0.4) is 0 Å². The summed E-state index contributed by atoms with van der Waals surface area (Å²) in [5, 5.41) is 12.5. The minimum absolute atomic E-state index is 0.0948. The van der Waals surface area contributed by atoms with E-state index in [0.717, 1.165) is 13.0 Å². The molecule has 0 aliphatic heterocycles. The molecule has 98 valence electrons. The van der Waals surface area contributed by atoms with Crippen LogP contribution in [0.25, 0.3) is 0 Å². The van der Waals surface area contributed by atoms with E-state index in [9.17, 15) is 9.90 Å². The molecule has 2 rings (SSSR count). The largest absolute Gasteiger partial charge is 0.507 e. The number of hydrogen-bond donors (Lipinski definition) is 2. The molecule has 18 heavy (non-hydrogen) atoms. The van der Waals surface area contributed by atoms with Gasteiger partial charge in [0.15, 0.2) is 0 Å². The molecule has 0 saturated heterocycles. The molecule has 0 radical (unpaired) electrons. The van der Waals surface area contributed by atoms with Crippen molar-refractivity contribution < 1.29 is 9.90 Å². The van der Waals surface area contributed by atoms with Crippen molar-refractivity contribution >= 4 is 21.8 Å². The fraction of sp³-hybridized carbons (Fsp3) is 0.500. The second-order valence-electron chi connectivity index (χ2n) is 5.10. The molecule has 2 N–H and O–H groups in total. The van der Waals surface area contributed by atoms with Crippen molar-refractivity contribution in [2.45, 2.75) is 32.6 Å². The van der Waals surface area contributed by atoms with E-state index in [-0.39, 0.29) is 11.7 Å². The molecule has 0 spiro atoms. The number of halogens is 1. The Morgan fingerprint density at radius 3 is 2.78 bits per heavy atom. The summed E-state index contributed by atoms with van der Waals surface area (Å²) in [7, 11) is 0. The monoisotopic (exact) mass is 311 g/mol. The number of carbonyl (C=O) groups excluding carboxylic acids is 1. The van der Waals surface area contributed by atoms with Gasteiger partial charge in [0, 0.05) is 12.1 Å². The van der Waals surface area contributed by atoms with Gasteiger partial charge in [0.2, 0.25) is 0 Å². The quantitative estimate of drug-likeness (QED) is 0.875. The molecule has 0 aromatic heterocycles. The fourth-order valence-electron chi connectivity index (χ4n) is 2.25. The Balaban J connectivity index is 1.93. The van der Waals surface area contributed by atoms with Gasteiger partial charge in [-0.2, -0.15) is 0 Å². The van der Waals surface area contributed by atoms with Gasteiger partial charge < -0.3 is 10.4 Å². The summed E-state index contributed by atoms with van der Waals surface area (Å²) >= 11 is 3.20. The van der Waals surface area contributed by atoms with Gasteiger partial charge in [0.1, 0.15) is 5.75 Å². The maximum absolute atomic E-state index is 11.9. The first-order valence-electron chi connectivity index (χ1n) is 6.33. The summed E-state index contributed by atoms with van der Waals surface area (Å²) < 4.78 is 0.601. The average molecular weight is 312 g/mol. The van der Waals surface area contributed by atoms with Crippen LogP contribution >= 0.6 is 15.9 Å². The lowest BCUT2D eigenvalue weighted by Gasteiger charge is -2.15. The Morgan fingerprint density at radius 1 is 1.50 bits per heavy atom. The van der Waals surface area contributed by atoms with Gasteiger partial charge in [0.05, 0.1) is 4.47 Å². The van der Waals surface area contributed by atoms with Crippen LogP contribution in [-0.4, -0.2) is 17.6 Å². The fourth-order valence-corrected chi connectivity index (χ4v) is 2.49. The number of nitrogens with one attached hydrogen (secondary N) is 1. The summed E-state index contributed by atoms with van der Waals surface area (Å²) in [4.78, 5) is 11.9. The van der Waals surface area contributed by atoms with E-state index in [4.69, 9.17) is 0 Å². The highest BCUT2D eigenvalue weighted by Crippen LogP contribution is 2.48. The topological polar surface area (TPSA) is 49.3 Å². The highest BCUT2D eigenvalue weighted by Gasteiger charge is 2.41. The molecule has 1 fully saturated rings. The third-order valence-electron chi connectivity index (χ3n) is 3.57. The number of phenols is 1. The van der Waals surface area contributed by atoms with Crippen LogP contribution in [0.15, 0.2) is 22.7 Å². The zero-order chi connectivity index (χ0) is 13.2. The smallest absolute Gasteiger partial charge is 0.251 e. The summed E-state index contributed by atoms with van der Waals surface area (Å²) in [6.45, 7) is 2.92. The lowest BCUT2D eigenvalue weighted by Crippen LogP contribution is -2.30. The summed E-state index contributed by atoms with van der Waals surface area (Å²) in [5.74, 6) is -0.0162. The van der Waals surface area contributed by atoms with E-state index < -0.39 is 0 Å². The number of hydrogen-bond acceptors (Lipinski definition) is 2. The van der Waals surface area contributed by atoms with Gasteiger partial charge in [-0.15, -0.1) is 0 Å². The van der Waals surface area contributed by atoms with Crippen LogP contribution in [-0.2, 0) is 0 Å². The average Bonchev–Trinajstić information content (AvgIpc) is 3.11. The number of aromatic hydroxyl groups is 1. The van der Waals surface area contributed by atoms with Gasteiger partial charge in [-0.25, -0.2) is 0 Å². The number of carbonyl (C=O) groups is 1. The lowest BCUT2D eigenvalue weighted by molar-refractivity contribution is 0.0943. The lowest BCUT2D eigenvalue weighted by atomic mass is 10.0. The predicted octanol–water partition coefficient (Wildman–Crippen LogP) is 3.46. The molecular formula is C14H18BrNO2.